The molecule has 2 rings (SSSR count). The number of sulfonamides is 1. The fourth-order valence-electron chi connectivity index (χ4n) is 2.56. The first kappa shape index (κ1) is 20.6. The van der Waals surface area contributed by atoms with Crippen molar-refractivity contribution >= 4 is 33.5 Å². The molecule has 9 nitrogen and oxygen atoms in total. The Kier molecular flexibility index (Phi) is 6.70. The second kappa shape index (κ2) is 8.78. The van der Waals surface area contributed by atoms with Gasteiger partial charge in [-0.2, -0.15) is 0 Å². The highest BCUT2D eigenvalue weighted by atomic mass is 32.2. The number of anilines is 1. The van der Waals surface area contributed by atoms with Crippen LogP contribution in [0.25, 0.3) is 0 Å². The van der Waals surface area contributed by atoms with Crippen molar-refractivity contribution in [2.24, 2.45) is 0 Å². The van der Waals surface area contributed by atoms with E-state index >= 15 is 0 Å². The molecule has 1 aromatic rings. The van der Waals surface area contributed by atoms with Crippen LogP contribution in [-0.2, 0) is 29.1 Å². The van der Waals surface area contributed by atoms with E-state index in [2.05, 4.69) is 16.6 Å². The quantitative estimate of drug-likeness (QED) is 0.481. The summed E-state index contributed by atoms with van der Waals surface area (Å²) in [4.78, 5) is 36.0. The summed E-state index contributed by atoms with van der Waals surface area (Å²) in [6.45, 7) is 5.08. The highest BCUT2D eigenvalue weighted by Crippen LogP contribution is 2.17. The maximum Gasteiger partial charge on any atom is 0.325 e. The summed E-state index contributed by atoms with van der Waals surface area (Å²) in [7, 11) is -3.86. The molecule has 1 fully saturated rings. The summed E-state index contributed by atoms with van der Waals surface area (Å²) < 4.78 is 32.2. The van der Waals surface area contributed by atoms with Crippen LogP contribution >= 0.6 is 0 Å². The van der Waals surface area contributed by atoms with Gasteiger partial charge in [-0.05, 0) is 37.3 Å². The standard InChI is InChI=1S/C17H21N3O6S/c1-3-15(21)18-12-5-7-14(8-6-12)27(24,25)19-13-9-16(22)20(10-13)11-17(23)26-4-2/h3,5-8,13,19H,1,4,9-11H2,2H3,(H,18,21). The minimum Gasteiger partial charge on any atom is -0.465 e. The lowest BCUT2D eigenvalue weighted by Crippen LogP contribution is -2.38. The smallest absolute Gasteiger partial charge is 0.325 e. The Bertz CT molecular complexity index is 835. The van der Waals surface area contributed by atoms with Gasteiger partial charge in [-0.15, -0.1) is 0 Å². The Balaban J connectivity index is 2.00. The van der Waals surface area contributed by atoms with Crippen LogP contribution in [0.5, 0.6) is 0 Å². The summed E-state index contributed by atoms with van der Waals surface area (Å²) in [5.74, 6) is -1.26. The number of carbonyl (C=O) groups is 3. The van der Waals surface area contributed by atoms with Crippen molar-refractivity contribution in [1.82, 2.24) is 9.62 Å². The molecule has 0 radical (unpaired) electrons. The Morgan fingerprint density at radius 3 is 2.59 bits per heavy atom. The number of nitrogens with zero attached hydrogens (tertiary/aromatic N) is 1. The van der Waals surface area contributed by atoms with Gasteiger partial charge in [0.1, 0.15) is 6.54 Å². The molecule has 1 heterocycles. The number of nitrogens with one attached hydrogen (secondary N) is 2. The number of ether oxygens (including phenoxy) is 1. The minimum absolute atomic E-state index is 0.00427. The molecule has 0 aromatic heterocycles. The molecule has 1 saturated heterocycles. The number of hydrogen-bond donors (Lipinski definition) is 2. The summed E-state index contributed by atoms with van der Waals surface area (Å²) in [6.07, 6.45) is 1.07. The molecule has 1 aliphatic rings. The van der Waals surface area contributed by atoms with Crippen molar-refractivity contribution in [2.75, 3.05) is 25.0 Å². The average molecular weight is 395 g/mol. The number of carbonyl (C=O) groups excluding carboxylic acids is 3. The molecule has 2 amide bonds. The van der Waals surface area contributed by atoms with Crippen LogP contribution in [0.2, 0.25) is 0 Å². The SMILES string of the molecule is C=CC(=O)Nc1ccc(S(=O)(=O)NC2CC(=O)N(CC(=O)OCC)C2)cc1. The molecule has 1 aliphatic heterocycles. The maximum atomic E-state index is 12.5. The Morgan fingerprint density at radius 1 is 1.33 bits per heavy atom. The molecule has 0 bridgehead atoms. The molecule has 1 unspecified atom stereocenters. The van der Waals surface area contributed by atoms with E-state index in [0.29, 0.717) is 5.69 Å². The van der Waals surface area contributed by atoms with E-state index in [1.165, 1.54) is 29.2 Å². The summed E-state index contributed by atoms with van der Waals surface area (Å²) in [5.41, 5.74) is 0.426. The van der Waals surface area contributed by atoms with E-state index < -0.39 is 27.9 Å². The van der Waals surface area contributed by atoms with Crippen molar-refractivity contribution in [3.8, 4) is 0 Å². The number of esters is 1. The van der Waals surface area contributed by atoms with Crippen LogP contribution in [0.1, 0.15) is 13.3 Å². The van der Waals surface area contributed by atoms with Crippen LogP contribution in [0.3, 0.4) is 0 Å². The van der Waals surface area contributed by atoms with Gasteiger partial charge >= 0.3 is 5.97 Å². The van der Waals surface area contributed by atoms with Gasteiger partial charge in [0.25, 0.3) is 0 Å². The Hall–Kier alpha value is -2.72. The third kappa shape index (κ3) is 5.63. The number of rotatable bonds is 8. The zero-order chi connectivity index (χ0) is 20.0. The summed E-state index contributed by atoms with van der Waals surface area (Å²) in [6, 6.07) is 4.94. The van der Waals surface area contributed by atoms with E-state index in [1.807, 2.05) is 0 Å². The summed E-state index contributed by atoms with van der Waals surface area (Å²) >= 11 is 0. The van der Waals surface area contributed by atoms with Crippen molar-refractivity contribution in [3.05, 3.63) is 36.9 Å². The molecule has 146 valence electrons. The van der Waals surface area contributed by atoms with Crippen molar-refractivity contribution in [3.63, 3.8) is 0 Å². The lowest BCUT2D eigenvalue weighted by molar-refractivity contribution is -0.147. The molecule has 2 N–H and O–H groups in total. The minimum atomic E-state index is -3.86. The normalized spacial score (nSPS) is 16.9. The fraction of sp³-hybridized carbons (Fsp3) is 0.353. The highest BCUT2D eigenvalue weighted by molar-refractivity contribution is 7.89. The van der Waals surface area contributed by atoms with Gasteiger partial charge in [-0.3, -0.25) is 14.4 Å². The first-order valence-corrected chi connectivity index (χ1v) is 9.72. The third-order valence-electron chi connectivity index (χ3n) is 3.78. The van der Waals surface area contributed by atoms with Crippen LogP contribution in [-0.4, -0.2) is 56.8 Å². The first-order valence-electron chi connectivity index (χ1n) is 8.24. The molecule has 0 spiro atoms. The van der Waals surface area contributed by atoms with Crippen LogP contribution in [0, 0.1) is 0 Å². The lowest BCUT2D eigenvalue weighted by atomic mass is 10.3. The molecule has 0 saturated carbocycles. The molecule has 10 heteroatoms. The molecule has 27 heavy (non-hydrogen) atoms. The van der Waals surface area contributed by atoms with E-state index in [0.717, 1.165) is 6.08 Å². The summed E-state index contributed by atoms with van der Waals surface area (Å²) in [5, 5.41) is 2.52. The van der Waals surface area contributed by atoms with Crippen molar-refractivity contribution in [1.29, 1.82) is 0 Å². The average Bonchev–Trinajstić information content (AvgIpc) is 2.93. The molecule has 1 atom stereocenters. The Morgan fingerprint density at radius 2 is 2.00 bits per heavy atom. The third-order valence-corrected chi connectivity index (χ3v) is 5.32. The molecular weight excluding hydrogens is 374 g/mol. The zero-order valence-corrected chi connectivity index (χ0v) is 15.6. The fourth-order valence-corrected chi connectivity index (χ4v) is 3.79. The van der Waals surface area contributed by atoms with Gasteiger partial charge in [0, 0.05) is 24.7 Å². The largest absolute Gasteiger partial charge is 0.465 e. The maximum absolute atomic E-state index is 12.5. The predicted molar refractivity (Wildman–Crippen MR) is 97.2 cm³/mol. The van der Waals surface area contributed by atoms with Gasteiger partial charge in [-0.1, -0.05) is 6.58 Å². The second-order valence-electron chi connectivity index (χ2n) is 5.82. The van der Waals surface area contributed by atoms with Gasteiger partial charge in [0.2, 0.25) is 21.8 Å². The zero-order valence-electron chi connectivity index (χ0n) is 14.8. The van der Waals surface area contributed by atoms with Gasteiger partial charge < -0.3 is 15.0 Å². The number of hydrogen-bond acceptors (Lipinski definition) is 6. The second-order valence-corrected chi connectivity index (χ2v) is 7.53. The Labute approximate surface area is 157 Å². The first-order chi connectivity index (χ1) is 12.7. The molecular formula is C17H21N3O6S. The number of amides is 2. The van der Waals surface area contributed by atoms with Crippen molar-refractivity contribution in [2.45, 2.75) is 24.3 Å². The van der Waals surface area contributed by atoms with E-state index in [-0.39, 0.29) is 36.9 Å². The molecule has 1 aromatic carbocycles. The van der Waals surface area contributed by atoms with Crippen LogP contribution in [0.15, 0.2) is 41.8 Å². The van der Waals surface area contributed by atoms with E-state index in [9.17, 15) is 22.8 Å². The van der Waals surface area contributed by atoms with Gasteiger partial charge in [-0.25, -0.2) is 13.1 Å². The van der Waals surface area contributed by atoms with Gasteiger partial charge in [0.15, 0.2) is 0 Å². The van der Waals surface area contributed by atoms with E-state index in [4.69, 9.17) is 4.74 Å². The van der Waals surface area contributed by atoms with Crippen LogP contribution < -0.4 is 10.0 Å². The van der Waals surface area contributed by atoms with Gasteiger partial charge in [0.05, 0.1) is 11.5 Å². The van der Waals surface area contributed by atoms with Crippen molar-refractivity contribution < 1.29 is 27.5 Å². The predicted octanol–water partition coefficient (Wildman–Crippen LogP) is 0.253. The number of benzene rings is 1. The monoisotopic (exact) mass is 395 g/mol. The lowest BCUT2D eigenvalue weighted by Gasteiger charge is -2.16. The highest BCUT2D eigenvalue weighted by Gasteiger charge is 2.33. The molecule has 0 aliphatic carbocycles. The van der Waals surface area contributed by atoms with Crippen LogP contribution in [0.4, 0.5) is 5.69 Å². The topological polar surface area (TPSA) is 122 Å². The number of likely N-dealkylation sites (tertiary alicyclic amines) is 1. The van der Waals surface area contributed by atoms with E-state index in [1.54, 1.807) is 6.92 Å².